The first kappa shape index (κ1) is 13.9. The summed E-state index contributed by atoms with van der Waals surface area (Å²) in [7, 11) is 2.09. The first-order chi connectivity index (χ1) is 9.65. The number of rotatable bonds is 5. The molecule has 3 rings (SSSR count). The Bertz CT molecular complexity index is 490. The van der Waals surface area contributed by atoms with Gasteiger partial charge in [-0.1, -0.05) is 0 Å². The van der Waals surface area contributed by atoms with E-state index in [1.54, 1.807) is 11.3 Å². The summed E-state index contributed by atoms with van der Waals surface area (Å²) in [4.78, 5) is 15.2. The minimum atomic E-state index is 0.240. The van der Waals surface area contributed by atoms with Crippen LogP contribution in [0, 0.1) is 11.8 Å². The minimum Gasteiger partial charge on any atom is -0.397 e. The van der Waals surface area contributed by atoms with E-state index >= 15 is 0 Å². The van der Waals surface area contributed by atoms with Gasteiger partial charge in [0.05, 0.1) is 15.6 Å². The summed E-state index contributed by atoms with van der Waals surface area (Å²) >= 11 is 1.55. The number of anilines is 2. The third-order valence-electron chi connectivity index (χ3n) is 4.17. The fourth-order valence-electron chi connectivity index (χ4n) is 2.71. The van der Waals surface area contributed by atoms with Crippen LogP contribution in [0.4, 0.5) is 10.7 Å². The van der Waals surface area contributed by atoms with E-state index in [0.717, 1.165) is 55.3 Å². The molecule has 5 heteroatoms. The van der Waals surface area contributed by atoms with Gasteiger partial charge in [-0.15, -0.1) is 11.3 Å². The third kappa shape index (κ3) is 2.99. The number of ketones is 1. The standard InChI is InChI=1S/C15H22N2O2S/c1-17(9-10-4-6-19-7-5-10)13-8-12(16)15(20-13)14(18)11-2-3-11/h8,10-11H,2-7,9,16H2,1H3. The number of hydrogen-bond donors (Lipinski definition) is 1. The van der Waals surface area contributed by atoms with E-state index in [9.17, 15) is 4.79 Å². The Kier molecular flexibility index (Phi) is 3.98. The van der Waals surface area contributed by atoms with Crippen molar-refractivity contribution in [3.05, 3.63) is 10.9 Å². The molecule has 0 unspecified atom stereocenters. The molecule has 0 bridgehead atoms. The number of Topliss-reactive ketones (excluding diaryl/α,β-unsaturated/α-hetero) is 1. The van der Waals surface area contributed by atoms with E-state index in [1.165, 1.54) is 0 Å². The van der Waals surface area contributed by atoms with Gasteiger partial charge in [0, 0.05) is 32.7 Å². The van der Waals surface area contributed by atoms with E-state index in [0.29, 0.717) is 11.6 Å². The molecule has 1 aromatic heterocycles. The molecule has 1 saturated heterocycles. The van der Waals surface area contributed by atoms with Crippen LogP contribution < -0.4 is 10.6 Å². The highest BCUT2D eigenvalue weighted by Gasteiger charge is 2.33. The van der Waals surface area contributed by atoms with E-state index in [2.05, 4.69) is 11.9 Å². The second kappa shape index (κ2) is 5.74. The van der Waals surface area contributed by atoms with Crippen molar-refractivity contribution in [1.82, 2.24) is 0 Å². The first-order valence-electron chi connectivity index (χ1n) is 7.37. The van der Waals surface area contributed by atoms with Crippen molar-refractivity contribution < 1.29 is 9.53 Å². The van der Waals surface area contributed by atoms with Gasteiger partial charge in [-0.3, -0.25) is 4.79 Å². The highest BCUT2D eigenvalue weighted by Crippen LogP contribution is 2.39. The predicted molar refractivity (Wildman–Crippen MR) is 82.6 cm³/mol. The molecule has 2 N–H and O–H groups in total. The van der Waals surface area contributed by atoms with E-state index in [4.69, 9.17) is 10.5 Å². The highest BCUT2D eigenvalue weighted by molar-refractivity contribution is 7.18. The lowest BCUT2D eigenvalue weighted by Crippen LogP contribution is -2.29. The van der Waals surface area contributed by atoms with Crippen LogP contribution >= 0.6 is 11.3 Å². The average Bonchev–Trinajstić information content (AvgIpc) is 3.22. The summed E-state index contributed by atoms with van der Waals surface area (Å²) in [6.45, 7) is 2.76. The smallest absolute Gasteiger partial charge is 0.178 e. The lowest BCUT2D eigenvalue weighted by Gasteiger charge is -2.27. The van der Waals surface area contributed by atoms with Crippen LogP contribution in [0.5, 0.6) is 0 Å². The van der Waals surface area contributed by atoms with Crippen molar-refractivity contribution in [2.24, 2.45) is 11.8 Å². The number of ether oxygens (including phenoxy) is 1. The second-order valence-corrected chi connectivity index (χ2v) is 6.97. The summed E-state index contributed by atoms with van der Waals surface area (Å²) in [6, 6.07) is 1.96. The highest BCUT2D eigenvalue weighted by atomic mass is 32.1. The number of nitrogens with zero attached hydrogens (tertiary/aromatic N) is 1. The quantitative estimate of drug-likeness (QED) is 0.848. The van der Waals surface area contributed by atoms with Crippen molar-refractivity contribution in [1.29, 1.82) is 0 Å². The molecule has 1 aromatic rings. The van der Waals surface area contributed by atoms with Crippen LogP contribution in [0.25, 0.3) is 0 Å². The molecule has 0 amide bonds. The lowest BCUT2D eigenvalue weighted by atomic mass is 10.00. The lowest BCUT2D eigenvalue weighted by molar-refractivity contribution is 0.0685. The Morgan fingerprint density at radius 3 is 2.75 bits per heavy atom. The summed E-state index contributed by atoms with van der Waals surface area (Å²) < 4.78 is 5.39. The fraction of sp³-hybridized carbons (Fsp3) is 0.667. The number of nitrogen functional groups attached to an aromatic ring is 1. The Labute approximate surface area is 123 Å². The molecule has 1 aliphatic heterocycles. The topological polar surface area (TPSA) is 55.6 Å². The fourth-order valence-corrected chi connectivity index (χ4v) is 3.78. The Hall–Kier alpha value is -1.07. The van der Waals surface area contributed by atoms with Gasteiger partial charge < -0.3 is 15.4 Å². The molecule has 0 atom stereocenters. The zero-order valence-electron chi connectivity index (χ0n) is 11.9. The summed E-state index contributed by atoms with van der Waals surface area (Å²) in [5.41, 5.74) is 6.68. The monoisotopic (exact) mass is 294 g/mol. The number of nitrogens with two attached hydrogens (primary N) is 1. The molecular formula is C15H22N2O2S. The molecule has 2 aliphatic rings. The van der Waals surface area contributed by atoms with Crippen LogP contribution in [0.2, 0.25) is 0 Å². The van der Waals surface area contributed by atoms with Gasteiger partial charge in [0.1, 0.15) is 0 Å². The molecule has 1 saturated carbocycles. The van der Waals surface area contributed by atoms with Crippen molar-refractivity contribution >= 4 is 27.8 Å². The average molecular weight is 294 g/mol. The van der Waals surface area contributed by atoms with Crippen LogP contribution in [0.3, 0.4) is 0 Å². The maximum absolute atomic E-state index is 12.1. The zero-order chi connectivity index (χ0) is 14.1. The van der Waals surface area contributed by atoms with Gasteiger partial charge in [-0.2, -0.15) is 0 Å². The maximum atomic E-state index is 12.1. The van der Waals surface area contributed by atoms with E-state index in [1.807, 2.05) is 6.07 Å². The van der Waals surface area contributed by atoms with Crippen molar-refractivity contribution in [2.45, 2.75) is 25.7 Å². The molecule has 0 aromatic carbocycles. The van der Waals surface area contributed by atoms with Crippen molar-refractivity contribution in [2.75, 3.05) is 37.4 Å². The van der Waals surface area contributed by atoms with Gasteiger partial charge in [-0.05, 0) is 37.7 Å². The molecule has 2 heterocycles. The summed E-state index contributed by atoms with van der Waals surface area (Å²) in [5, 5.41) is 1.11. The van der Waals surface area contributed by atoms with Crippen molar-refractivity contribution in [3.63, 3.8) is 0 Å². The van der Waals surface area contributed by atoms with Gasteiger partial charge >= 0.3 is 0 Å². The minimum absolute atomic E-state index is 0.240. The van der Waals surface area contributed by atoms with E-state index in [-0.39, 0.29) is 11.7 Å². The normalized spacial score (nSPS) is 20.1. The first-order valence-corrected chi connectivity index (χ1v) is 8.19. The number of thiophene rings is 1. The Morgan fingerprint density at radius 2 is 2.10 bits per heavy atom. The Balaban J connectivity index is 1.66. The van der Waals surface area contributed by atoms with Crippen LogP contribution in [0.1, 0.15) is 35.4 Å². The molecule has 20 heavy (non-hydrogen) atoms. The number of carbonyl (C=O) groups excluding carboxylic acids is 1. The van der Waals surface area contributed by atoms with Gasteiger partial charge in [0.2, 0.25) is 0 Å². The van der Waals surface area contributed by atoms with Crippen LogP contribution in [0.15, 0.2) is 6.07 Å². The molecule has 110 valence electrons. The number of hydrogen-bond acceptors (Lipinski definition) is 5. The maximum Gasteiger partial charge on any atom is 0.178 e. The zero-order valence-corrected chi connectivity index (χ0v) is 12.7. The van der Waals surface area contributed by atoms with Crippen LogP contribution in [-0.2, 0) is 4.74 Å². The van der Waals surface area contributed by atoms with Gasteiger partial charge in [0.25, 0.3) is 0 Å². The molecule has 4 nitrogen and oxygen atoms in total. The largest absolute Gasteiger partial charge is 0.397 e. The summed E-state index contributed by atoms with van der Waals surface area (Å²) in [6.07, 6.45) is 4.31. The van der Waals surface area contributed by atoms with Crippen molar-refractivity contribution in [3.8, 4) is 0 Å². The van der Waals surface area contributed by atoms with Crippen LogP contribution in [-0.4, -0.2) is 32.6 Å². The molecular weight excluding hydrogens is 272 g/mol. The molecule has 2 fully saturated rings. The molecule has 1 aliphatic carbocycles. The molecule has 0 spiro atoms. The summed E-state index contributed by atoms with van der Waals surface area (Å²) in [5.74, 6) is 1.17. The predicted octanol–water partition coefficient (Wildman–Crippen LogP) is 2.79. The number of carbonyl (C=O) groups is 1. The van der Waals surface area contributed by atoms with E-state index < -0.39 is 0 Å². The molecule has 0 radical (unpaired) electrons. The third-order valence-corrected chi connectivity index (χ3v) is 5.45. The SMILES string of the molecule is CN(CC1CCOCC1)c1cc(N)c(C(=O)C2CC2)s1. The Morgan fingerprint density at radius 1 is 1.40 bits per heavy atom. The van der Waals surface area contributed by atoms with Gasteiger partial charge in [0.15, 0.2) is 5.78 Å². The second-order valence-electron chi connectivity index (χ2n) is 5.94. The van der Waals surface area contributed by atoms with Gasteiger partial charge in [-0.25, -0.2) is 0 Å².